The summed E-state index contributed by atoms with van der Waals surface area (Å²) in [6.07, 6.45) is 1.70. The summed E-state index contributed by atoms with van der Waals surface area (Å²) >= 11 is 0. The molecule has 0 spiro atoms. The van der Waals surface area contributed by atoms with Crippen molar-refractivity contribution in [1.29, 1.82) is 0 Å². The highest BCUT2D eigenvalue weighted by Crippen LogP contribution is 2.36. The van der Waals surface area contributed by atoms with Gasteiger partial charge in [0.15, 0.2) is 11.6 Å². The second-order valence-electron chi connectivity index (χ2n) is 9.57. The minimum atomic E-state index is -0.674. The molecular formula is C30H32FN3O3. The third-order valence-electron chi connectivity index (χ3n) is 6.43. The fourth-order valence-corrected chi connectivity index (χ4v) is 4.43. The molecule has 0 unspecified atom stereocenters. The smallest absolute Gasteiger partial charge is 0.222 e. The maximum absolute atomic E-state index is 14.5. The van der Waals surface area contributed by atoms with Crippen LogP contribution in [0.1, 0.15) is 18.4 Å². The molecule has 1 fully saturated rings. The first-order valence-electron chi connectivity index (χ1n) is 12.7. The van der Waals surface area contributed by atoms with E-state index in [1.807, 2.05) is 60.7 Å². The second kappa shape index (κ2) is 11.6. The van der Waals surface area contributed by atoms with Crippen molar-refractivity contribution >= 4 is 0 Å². The first-order valence-corrected chi connectivity index (χ1v) is 12.7. The fraction of sp³-hybridized carbons (Fsp3) is 0.300. The van der Waals surface area contributed by atoms with Crippen molar-refractivity contribution in [2.24, 2.45) is 13.0 Å². The van der Waals surface area contributed by atoms with Crippen LogP contribution in [0.4, 0.5) is 4.39 Å². The maximum atomic E-state index is 14.5. The van der Waals surface area contributed by atoms with Gasteiger partial charge < -0.3 is 14.6 Å². The van der Waals surface area contributed by atoms with E-state index in [2.05, 4.69) is 4.90 Å². The van der Waals surface area contributed by atoms with Gasteiger partial charge >= 0.3 is 0 Å². The van der Waals surface area contributed by atoms with Gasteiger partial charge in [-0.25, -0.2) is 9.07 Å². The van der Waals surface area contributed by atoms with Crippen LogP contribution < -0.4 is 9.47 Å². The molecule has 1 aromatic heterocycles. The van der Waals surface area contributed by atoms with E-state index >= 15 is 0 Å². The Kier molecular flexibility index (Phi) is 7.82. The average molecular weight is 502 g/mol. The maximum Gasteiger partial charge on any atom is 0.222 e. The number of para-hydroxylation sites is 2. The minimum Gasteiger partial charge on any atom is -0.491 e. The lowest BCUT2D eigenvalue weighted by Gasteiger charge is -2.25. The van der Waals surface area contributed by atoms with Gasteiger partial charge in [-0.2, -0.15) is 5.10 Å². The molecule has 1 saturated carbocycles. The summed E-state index contributed by atoms with van der Waals surface area (Å²) in [5.74, 6) is 1.54. The Morgan fingerprint density at radius 3 is 2.38 bits per heavy atom. The van der Waals surface area contributed by atoms with Crippen molar-refractivity contribution in [3.05, 3.63) is 96.3 Å². The third kappa shape index (κ3) is 6.56. The number of nitrogens with zero attached hydrogens (tertiary/aromatic N) is 3. The van der Waals surface area contributed by atoms with Crippen LogP contribution in [0.5, 0.6) is 17.4 Å². The number of hydrogen-bond acceptors (Lipinski definition) is 5. The molecule has 37 heavy (non-hydrogen) atoms. The Balaban J connectivity index is 1.41. The predicted molar refractivity (Wildman–Crippen MR) is 141 cm³/mol. The Morgan fingerprint density at radius 1 is 1.00 bits per heavy atom. The standard InChI is InChI=1S/C30H32FN3O3/c1-33-30(37-28-15-9-8-14-27(28)31)26(29(32-33)23-10-4-2-5-11-23)20-34(18-22-16-17-22)19-24(35)21-36-25-12-6-3-7-13-25/h2-15,22,24,35H,16-21H2,1H3/t24-/m1/s1. The summed E-state index contributed by atoms with van der Waals surface area (Å²) in [5.41, 5.74) is 2.59. The van der Waals surface area contributed by atoms with Gasteiger partial charge in [-0.3, -0.25) is 4.90 Å². The molecule has 3 aromatic carbocycles. The molecule has 1 heterocycles. The minimum absolute atomic E-state index is 0.149. The zero-order valence-electron chi connectivity index (χ0n) is 21.0. The number of halogens is 1. The monoisotopic (exact) mass is 501 g/mol. The van der Waals surface area contributed by atoms with Crippen molar-refractivity contribution in [2.75, 3.05) is 19.7 Å². The van der Waals surface area contributed by atoms with Crippen molar-refractivity contribution in [2.45, 2.75) is 25.5 Å². The molecule has 0 saturated heterocycles. The van der Waals surface area contributed by atoms with Gasteiger partial charge in [-0.05, 0) is 43.0 Å². The van der Waals surface area contributed by atoms with Gasteiger partial charge in [0.25, 0.3) is 0 Å². The zero-order chi connectivity index (χ0) is 25.6. The fourth-order valence-electron chi connectivity index (χ4n) is 4.43. The zero-order valence-corrected chi connectivity index (χ0v) is 21.0. The third-order valence-corrected chi connectivity index (χ3v) is 6.43. The Morgan fingerprint density at radius 2 is 1.68 bits per heavy atom. The van der Waals surface area contributed by atoms with Crippen LogP contribution in [0.15, 0.2) is 84.9 Å². The number of benzene rings is 3. The summed E-state index contributed by atoms with van der Waals surface area (Å²) < 4.78 is 28.1. The van der Waals surface area contributed by atoms with E-state index in [4.69, 9.17) is 14.6 Å². The lowest BCUT2D eigenvalue weighted by Crippen LogP contribution is -2.36. The second-order valence-corrected chi connectivity index (χ2v) is 9.57. The average Bonchev–Trinajstić information content (AvgIpc) is 3.68. The number of ether oxygens (including phenoxy) is 2. The van der Waals surface area contributed by atoms with Crippen LogP contribution in [0.3, 0.4) is 0 Å². The predicted octanol–water partition coefficient (Wildman–Crippen LogP) is 5.67. The summed E-state index contributed by atoms with van der Waals surface area (Å²) in [5, 5.41) is 15.6. The van der Waals surface area contributed by atoms with Crippen LogP contribution in [-0.2, 0) is 13.6 Å². The summed E-state index contributed by atoms with van der Waals surface area (Å²) in [7, 11) is 1.81. The largest absolute Gasteiger partial charge is 0.491 e. The lowest BCUT2D eigenvalue weighted by molar-refractivity contribution is 0.0637. The first kappa shape index (κ1) is 25.0. The normalized spacial score (nSPS) is 14.1. The summed E-state index contributed by atoms with van der Waals surface area (Å²) in [4.78, 5) is 2.23. The highest BCUT2D eigenvalue weighted by atomic mass is 19.1. The Hall–Kier alpha value is -3.68. The van der Waals surface area contributed by atoms with E-state index in [1.54, 1.807) is 29.9 Å². The molecule has 7 heteroatoms. The van der Waals surface area contributed by atoms with Crippen molar-refractivity contribution in [3.8, 4) is 28.6 Å². The number of rotatable bonds is 12. The topological polar surface area (TPSA) is 59.8 Å². The van der Waals surface area contributed by atoms with E-state index in [9.17, 15) is 9.50 Å². The van der Waals surface area contributed by atoms with Crippen LogP contribution in [0.25, 0.3) is 11.3 Å². The molecule has 1 atom stereocenters. The van der Waals surface area contributed by atoms with Crippen LogP contribution in [0, 0.1) is 11.7 Å². The van der Waals surface area contributed by atoms with Gasteiger partial charge in [-0.15, -0.1) is 0 Å². The molecular weight excluding hydrogens is 469 g/mol. The van der Waals surface area contributed by atoms with E-state index in [0.717, 1.165) is 29.1 Å². The Labute approximate surface area is 216 Å². The van der Waals surface area contributed by atoms with Crippen LogP contribution >= 0.6 is 0 Å². The molecule has 1 N–H and O–H groups in total. The van der Waals surface area contributed by atoms with Crippen molar-refractivity contribution in [1.82, 2.24) is 14.7 Å². The number of hydrogen-bond donors (Lipinski definition) is 1. The quantitative estimate of drug-likeness (QED) is 0.271. The van der Waals surface area contributed by atoms with E-state index < -0.39 is 11.9 Å². The number of aromatic nitrogens is 2. The van der Waals surface area contributed by atoms with Crippen molar-refractivity contribution < 1.29 is 19.0 Å². The molecule has 6 nitrogen and oxygen atoms in total. The molecule has 0 amide bonds. The van der Waals surface area contributed by atoms with Gasteiger partial charge in [0.2, 0.25) is 5.88 Å². The van der Waals surface area contributed by atoms with Gasteiger partial charge in [0.05, 0.1) is 5.56 Å². The van der Waals surface area contributed by atoms with Gasteiger partial charge in [0, 0.05) is 32.2 Å². The number of aliphatic hydroxyl groups is 1. The van der Waals surface area contributed by atoms with Crippen LogP contribution in [-0.4, -0.2) is 45.6 Å². The molecule has 5 rings (SSSR count). The summed E-state index contributed by atoms with van der Waals surface area (Å²) in [6.45, 7) is 1.99. The molecule has 1 aliphatic carbocycles. The molecule has 192 valence electrons. The highest BCUT2D eigenvalue weighted by molar-refractivity contribution is 5.65. The van der Waals surface area contributed by atoms with E-state index in [1.165, 1.54) is 18.9 Å². The van der Waals surface area contributed by atoms with Crippen LogP contribution in [0.2, 0.25) is 0 Å². The molecule has 0 bridgehead atoms. The van der Waals surface area contributed by atoms with Gasteiger partial charge in [-0.1, -0.05) is 60.7 Å². The molecule has 0 aliphatic heterocycles. The number of aryl methyl sites for hydroxylation is 1. The van der Waals surface area contributed by atoms with Gasteiger partial charge in [0.1, 0.15) is 24.2 Å². The van der Waals surface area contributed by atoms with E-state index in [0.29, 0.717) is 24.9 Å². The molecule has 0 radical (unpaired) electrons. The molecule has 4 aromatic rings. The molecule has 1 aliphatic rings. The first-order chi connectivity index (χ1) is 18.1. The number of aliphatic hydroxyl groups excluding tert-OH is 1. The summed E-state index contributed by atoms with van der Waals surface area (Å²) in [6, 6.07) is 25.8. The van der Waals surface area contributed by atoms with E-state index in [-0.39, 0.29) is 12.4 Å². The lowest BCUT2D eigenvalue weighted by atomic mass is 10.1. The Bertz CT molecular complexity index is 1290. The highest BCUT2D eigenvalue weighted by Gasteiger charge is 2.29. The van der Waals surface area contributed by atoms with Crippen molar-refractivity contribution in [3.63, 3.8) is 0 Å². The SMILES string of the molecule is Cn1nc(-c2ccccc2)c(CN(CC2CC2)C[C@@H](O)COc2ccccc2)c1Oc1ccccc1F.